The first-order valence-corrected chi connectivity index (χ1v) is 60.8. The average molecular weight is 3400 g/mol. The number of esters is 5. The number of Topliss-reactive ketones (excluding diaryl/α,β-unsaturated/α-hetero) is 5. The SMILES string of the molecule is CC(Br)(C(=O)c1ccccc1)S(=O)(=O)c1ccccc1.CC(C)C(=O)NC1=NN(c2ccccc2)C(=O)C1(Br)Br.CC1=NNC(=O)C1(Br)Br.CCOC(=O)C(Br)(Br)C(=O)OCC.CCOC(=O)C1=C(C(Br)Br)OC(C)C(Br)(Br)C1=O.COC(=O)C(Br)(Br)C(=O)OC.COc1ccc2c3c1C(=O)C(Br)(Br)CCC3CO2.Cc1ccc(C)c2c1CCCC(Br)(Br)C2=O.N#CC(Br)(Br)C(N)=O.O=C1c2ccccc2CCC1(Br)Br. The minimum absolute atomic E-state index is 0.0178. The van der Waals surface area contributed by atoms with E-state index in [0.29, 0.717) is 34.9 Å². The van der Waals surface area contributed by atoms with Crippen LogP contribution in [-0.4, -0.2) is 193 Å². The molecule has 0 saturated heterocycles. The number of nitrogens with one attached hydrogen (secondary N) is 2. The van der Waals surface area contributed by atoms with Gasteiger partial charge in [-0.25, -0.2) is 37.8 Å². The zero-order chi connectivity index (χ0) is 112. The van der Waals surface area contributed by atoms with Gasteiger partial charge in [-0.15, -0.1) is 5.10 Å². The van der Waals surface area contributed by atoms with E-state index < -0.39 is 99.8 Å². The molecule has 13 rings (SSSR count). The normalized spacial score (nSPS) is 17.8. The van der Waals surface area contributed by atoms with E-state index in [1.54, 1.807) is 128 Å². The van der Waals surface area contributed by atoms with E-state index in [4.69, 9.17) is 29.9 Å². The number of methoxy groups -OCH3 is 3. The highest BCUT2D eigenvalue weighted by Crippen LogP contribution is 2.52. The molecule has 3 atom stereocenters. The molecule has 0 fully saturated rings. The van der Waals surface area contributed by atoms with Crippen molar-refractivity contribution in [3.63, 3.8) is 0 Å². The van der Waals surface area contributed by atoms with Crippen molar-refractivity contribution in [1.82, 2.24) is 10.7 Å². The van der Waals surface area contributed by atoms with Gasteiger partial charge in [-0.05, 0) is 255 Å². The lowest BCUT2D eigenvalue weighted by Crippen LogP contribution is -2.46. The summed E-state index contributed by atoms with van der Waals surface area (Å²) in [5.41, 5.74) is 16.7. The molecule has 53 heteroatoms. The first-order valence-electron chi connectivity index (χ1n) is 42.4. The fraction of sp³-hybridized carbons (Fsp3) is 0.409. The van der Waals surface area contributed by atoms with Gasteiger partial charge < -0.3 is 48.9 Å². The van der Waals surface area contributed by atoms with Crippen LogP contribution in [0.1, 0.15) is 163 Å². The molecule has 4 aliphatic heterocycles. The number of carbonyl (C=O) groups is 14. The number of hydrogen-bond donors (Lipinski definition) is 3. The number of rotatable bonds is 17. The summed E-state index contributed by atoms with van der Waals surface area (Å²) >= 11 is 66.5. The van der Waals surface area contributed by atoms with Crippen molar-refractivity contribution in [3.05, 3.63) is 201 Å². The second kappa shape index (κ2) is 59.3. The zero-order valence-corrected chi connectivity index (χ0v) is 113. The predicted octanol–water partition coefficient (Wildman–Crippen LogP) is 24.6. The third-order valence-electron chi connectivity index (χ3n) is 20.6. The molecule has 3 unspecified atom stereocenters. The average Bonchev–Trinajstić information content (AvgIpc) is 1.73. The van der Waals surface area contributed by atoms with Crippen LogP contribution in [0.2, 0.25) is 0 Å². The van der Waals surface area contributed by atoms with Gasteiger partial charge in [-0.3, -0.25) is 43.2 Å². The lowest BCUT2D eigenvalue weighted by molar-refractivity contribution is -0.154. The smallest absolute Gasteiger partial charge is 0.345 e. The van der Waals surface area contributed by atoms with E-state index in [2.05, 4.69) is 387 Å². The van der Waals surface area contributed by atoms with Crippen molar-refractivity contribution >= 4 is 444 Å². The van der Waals surface area contributed by atoms with Crippen molar-refractivity contribution in [2.24, 2.45) is 21.9 Å². The molecule has 4 amide bonds. The van der Waals surface area contributed by atoms with Gasteiger partial charge in [0, 0.05) is 34.1 Å². The van der Waals surface area contributed by atoms with Gasteiger partial charge in [-0.2, -0.15) is 15.4 Å². The minimum atomic E-state index is -3.82. The summed E-state index contributed by atoms with van der Waals surface area (Å²) in [4.78, 5) is 163. The van der Waals surface area contributed by atoms with Gasteiger partial charge in [0.1, 0.15) is 48.4 Å². The van der Waals surface area contributed by atoms with Gasteiger partial charge in [-0.1, -0.05) is 356 Å². The molecule has 796 valence electrons. The summed E-state index contributed by atoms with van der Waals surface area (Å²) in [6.07, 6.45) is 5.77. The third kappa shape index (κ3) is 35.7. The summed E-state index contributed by atoms with van der Waals surface area (Å²) in [6, 6.07) is 42.5. The Morgan fingerprint density at radius 2 is 1.10 bits per heavy atom. The van der Waals surface area contributed by atoms with Crippen molar-refractivity contribution in [1.29, 1.82) is 5.26 Å². The molecular weight excluding hydrogens is 3310 g/mol. The molecule has 6 aromatic rings. The Morgan fingerprint density at radius 3 is 1.56 bits per heavy atom. The van der Waals surface area contributed by atoms with Crippen LogP contribution >= 0.6 is 335 Å². The molecule has 7 aliphatic rings. The third-order valence-corrected chi connectivity index (χ3v) is 38.7. The Kier molecular flexibility index (Phi) is 54.9. The summed E-state index contributed by atoms with van der Waals surface area (Å²) in [5, 5.41) is 19.9. The zero-order valence-electron chi connectivity index (χ0n) is 78.9. The number of amides is 4. The minimum Gasteiger partial charge on any atom is -0.496 e. The molecule has 6 aromatic carbocycles. The molecule has 146 heavy (non-hydrogen) atoms. The van der Waals surface area contributed by atoms with Crippen molar-refractivity contribution in [2.45, 2.75) is 168 Å². The maximum Gasteiger partial charge on any atom is 0.345 e. The summed E-state index contributed by atoms with van der Waals surface area (Å²) in [6.45, 7) is 18.7. The van der Waals surface area contributed by atoms with Gasteiger partial charge in [0.05, 0.1) is 69.6 Å². The second-order valence-electron chi connectivity index (χ2n) is 31.1. The Bertz CT molecular complexity index is 6030. The number of aryl methyl sites for hydroxylation is 3. The monoisotopic (exact) mass is 3380 g/mol. The lowest BCUT2D eigenvalue weighted by atomic mass is 9.91. The number of nitriles is 1. The first kappa shape index (κ1) is 135. The van der Waals surface area contributed by atoms with E-state index in [0.717, 1.165) is 78.5 Å². The fourth-order valence-electron chi connectivity index (χ4n) is 12.6. The van der Waals surface area contributed by atoms with Crippen LogP contribution in [0, 0.1) is 31.1 Å². The van der Waals surface area contributed by atoms with Crippen LogP contribution in [0.15, 0.2) is 166 Å². The Morgan fingerprint density at radius 1 is 0.610 bits per heavy atom. The van der Waals surface area contributed by atoms with E-state index in [1.165, 1.54) is 49.4 Å². The highest BCUT2D eigenvalue weighted by molar-refractivity contribution is 9.28. The Balaban J connectivity index is 0.000000342. The number of allylic oxidation sites excluding steroid dienone is 1. The quantitative estimate of drug-likeness (QED) is 0.0145. The number of ketones is 5. The second-order valence-corrected chi connectivity index (χ2v) is 70.7. The molecule has 0 spiro atoms. The van der Waals surface area contributed by atoms with E-state index in [-0.39, 0.29) is 88.8 Å². The van der Waals surface area contributed by atoms with Gasteiger partial charge in [0.25, 0.3) is 24.2 Å². The number of ether oxygens (including phenoxy) is 8. The topological polar surface area (TPSA) is 449 Å². The van der Waals surface area contributed by atoms with Crippen molar-refractivity contribution < 1.29 is 113 Å². The first-order chi connectivity index (χ1) is 67.5. The van der Waals surface area contributed by atoms with Crippen LogP contribution in [0.25, 0.3) is 0 Å². The number of amidine groups is 1. The number of halogens is 21. The number of sulfone groups is 1. The largest absolute Gasteiger partial charge is 0.496 e. The number of nitrogens with two attached hydrogens (primary N) is 1. The highest BCUT2D eigenvalue weighted by atomic mass is 80.0. The van der Waals surface area contributed by atoms with Crippen LogP contribution in [0.3, 0.4) is 0 Å². The van der Waals surface area contributed by atoms with E-state index >= 15 is 0 Å². The molecule has 3 aliphatic carbocycles. The molecule has 4 N–H and O–H groups in total. The lowest BCUT2D eigenvalue weighted by Gasteiger charge is -2.34. The number of anilines is 1. The van der Waals surface area contributed by atoms with Gasteiger partial charge >= 0.3 is 29.8 Å². The van der Waals surface area contributed by atoms with Crippen molar-refractivity contribution in [2.75, 3.05) is 52.8 Å². The van der Waals surface area contributed by atoms with Crippen LogP contribution in [0.5, 0.6) is 11.5 Å². The molecule has 0 bridgehead atoms. The summed E-state index contributed by atoms with van der Waals surface area (Å²) in [5.74, 6) is -3.70. The number of hydrazone groups is 2. The predicted molar refractivity (Wildman–Crippen MR) is 633 cm³/mol. The number of benzene rings is 6. The molecular formula is C93H92Br21N7O24S. The number of nitrogens with zero attached hydrogens (tertiary/aromatic N) is 4. The number of alkyl halides is 21. The molecule has 4 heterocycles. The maximum absolute atomic E-state index is 12.6. The van der Waals surface area contributed by atoms with Crippen LogP contribution < -0.4 is 31.0 Å². The Labute approximate surface area is 1020 Å². The number of fused-ring (bicyclic) bond motifs is 2. The molecule has 0 saturated carbocycles. The molecule has 0 aromatic heterocycles. The highest BCUT2D eigenvalue weighted by Gasteiger charge is 2.54. The molecule has 31 nitrogen and oxygen atoms in total. The number of carbonyl (C=O) groups excluding carboxylic acids is 14. The van der Waals surface area contributed by atoms with Crippen LogP contribution in [-0.2, 0) is 99.0 Å². The maximum atomic E-state index is 12.6. The van der Waals surface area contributed by atoms with Crippen LogP contribution in [0.4, 0.5) is 5.69 Å². The van der Waals surface area contributed by atoms with Crippen molar-refractivity contribution in [3.8, 4) is 17.6 Å². The fourth-order valence-corrected chi connectivity index (χ4v) is 20.7. The standard InChI is InChI=1S/C15H13BrO3S.C13H13Br2N3O2.C13H12Br2O3.C13H14Br2O.C10H10Br4O4.C10H8Br2O.C7H10Br2O4.C5H6Br2O4.C4H4Br2N2O.C3H2Br2N2O/c1-15(16,14(17)12-8-4-2-5-9-12)20(18,19)13-10-6-3-7-11-13;1-8(2)10(19)16-11-13(14,15)12(20)18(17-11)9-6-4-3-5-7-9;1-17-8-2-3-9-10-7(6-18-9)4-5-13(14,15)12(16)11(8)10;1-8-5-6-9(2)11-10(8)4-3-7-13(14,15)12(11)16;1-3-17-9(16)5-6(8(11)12)18-4(2)10(13,14)7(5)15;11-10(12)6-5-7-3-1-2-4-8(7)9(10)13;1-3-12-5(10)7(8,9)6(11)13-4-2;1-10-3(8)5(6,7)4(9)11-2;1-2-4(5,6)3(9)8-7-2;4-3(5,1-6)2(7)8/h2-11H,1H3;3-8H,1-2H3,(H,16,17,19);2-3,7H,4-6H2,1H3;5-6H,3-4,7H2,1-2H3;4,8H,3H2,1-2H3;1-4H,5-6H2;3-4H2,1-2H3;1-2H3;1H3,(H,8,9);(H2,7,8). The summed E-state index contributed by atoms with van der Waals surface area (Å²) < 4.78 is 53.0. The Hall–Kier alpha value is -3.10. The number of primary amides is 1. The number of hydrogen-bond acceptors (Lipinski definition) is 27. The van der Waals surface area contributed by atoms with E-state index in [1.807, 2.05) is 61.5 Å². The van der Waals surface area contributed by atoms with E-state index in [9.17, 15) is 75.5 Å². The summed E-state index contributed by atoms with van der Waals surface area (Å²) in [7, 11) is 0.108. The van der Waals surface area contributed by atoms with Gasteiger partial charge in [0.2, 0.25) is 28.0 Å². The van der Waals surface area contributed by atoms with Gasteiger partial charge in [0.15, 0.2) is 39.1 Å². The number of para-hydroxylation sites is 1. The molecule has 0 radical (unpaired) electrons.